The van der Waals surface area contributed by atoms with Crippen molar-refractivity contribution in [3.05, 3.63) is 47.7 Å². The highest BCUT2D eigenvalue weighted by Crippen LogP contribution is 2.23. The van der Waals surface area contributed by atoms with Crippen molar-refractivity contribution in [1.29, 1.82) is 0 Å². The topological polar surface area (TPSA) is 90.7 Å². The minimum atomic E-state index is -4.78. The molecule has 0 saturated heterocycles. The molecule has 2 rings (SSSR count). The zero-order valence-corrected chi connectivity index (χ0v) is 14.2. The molecule has 0 spiro atoms. The number of amides is 1. The Bertz CT molecular complexity index is 828. The van der Waals surface area contributed by atoms with Crippen LogP contribution in [0.2, 0.25) is 0 Å². The molecule has 144 valence electrons. The zero-order valence-electron chi connectivity index (χ0n) is 14.2. The van der Waals surface area contributed by atoms with Gasteiger partial charge in [-0.3, -0.25) is 10.1 Å². The van der Waals surface area contributed by atoms with Crippen LogP contribution in [0, 0.1) is 6.92 Å². The molecule has 0 bridgehead atoms. The predicted octanol–water partition coefficient (Wildman–Crippen LogP) is 3.47. The molecule has 10 heteroatoms. The molecular weight excluding hydrogens is 369 g/mol. The van der Waals surface area contributed by atoms with Crippen molar-refractivity contribution < 1.29 is 36.8 Å². The Balaban J connectivity index is 1.85. The van der Waals surface area contributed by atoms with Gasteiger partial charge >= 0.3 is 12.3 Å². The zero-order chi connectivity index (χ0) is 20.0. The maximum absolute atomic E-state index is 12.1. The van der Waals surface area contributed by atoms with Crippen LogP contribution in [-0.4, -0.2) is 29.5 Å². The summed E-state index contributed by atoms with van der Waals surface area (Å²) >= 11 is 0. The Morgan fingerprint density at radius 1 is 1.26 bits per heavy atom. The van der Waals surface area contributed by atoms with Gasteiger partial charge in [-0.25, -0.2) is 4.79 Å². The van der Waals surface area contributed by atoms with Gasteiger partial charge in [0.1, 0.15) is 5.75 Å². The number of nitrogens with one attached hydrogen (secondary N) is 1. The van der Waals surface area contributed by atoms with Crippen LogP contribution >= 0.6 is 0 Å². The third kappa shape index (κ3) is 6.84. The van der Waals surface area contributed by atoms with E-state index in [1.165, 1.54) is 31.2 Å². The number of nitrogens with zero attached hydrogens (tertiary/aromatic N) is 1. The van der Waals surface area contributed by atoms with E-state index in [0.29, 0.717) is 11.3 Å². The van der Waals surface area contributed by atoms with E-state index in [2.05, 4.69) is 15.2 Å². The SMILES string of the molecule is Cc1cc(NC(=O)C(C)OC(=O)/C=C/c2ccc(OC(F)(F)F)cc2)on1. The summed E-state index contributed by atoms with van der Waals surface area (Å²) in [5.74, 6) is -1.67. The van der Waals surface area contributed by atoms with Crippen LogP contribution in [0.1, 0.15) is 18.2 Å². The van der Waals surface area contributed by atoms with Crippen LogP contribution in [0.3, 0.4) is 0 Å². The summed E-state index contributed by atoms with van der Waals surface area (Å²) in [5.41, 5.74) is 1.01. The van der Waals surface area contributed by atoms with Gasteiger partial charge in [0.05, 0.1) is 5.69 Å². The van der Waals surface area contributed by atoms with Crippen molar-refractivity contribution in [3.8, 4) is 5.75 Å². The van der Waals surface area contributed by atoms with Gasteiger partial charge in [-0.2, -0.15) is 0 Å². The second kappa shape index (κ2) is 8.39. The molecule has 0 saturated carbocycles. The number of aromatic nitrogens is 1. The summed E-state index contributed by atoms with van der Waals surface area (Å²) in [5, 5.41) is 5.99. The van der Waals surface area contributed by atoms with Crippen molar-refractivity contribution in [2.75, 3.05) is 5.32 Å². The van der Waals surface area contributed by atoms with Crippen molar-refractivity contribution in [2.24, 2.45) is 0 Å². The molecule has 1 amide bonds. The van der Waals surface area contributed by atoms with Crippen molar-refractivity contribution in [2.45, 2.75) is 26.3 Å². The highest BCUT2D eigenvalue weighted by atomic mass is 19.4. The molecule has 27 heavy (non-hydrogen) atoms. The number of hydrogen-bond donors (Lipinski definition) is 1. The fraction of sp³-hybridized carbons (Fsp3) is 0.235. The molecule has 1 N–H and O–H groups in total. The number of alkyl halides is 3. The van der Waals surface area contributed by atoms with Crippen molar-refractivity contribution in [3.63, 3.8) is 0 Å². The fourth-order valence-corrected chi connectivity index (χ4v) is 1.86. The number of esters is 1. The largest absolute Gasteiger partial charge is 0.573 e. The lowest BCUT2D eigenvalue weighted by Crippen LogP contribution is -2.29. The van der Waals surface area contributed by atoms with Crippen LogP contribution in [-0.2, 0) is 14.3 Å². The number of halogens is 3. The third-order valence-corrected chi connectivity index (χ3v) is 3.06. The number of carbonyl (C=O) groups excluding carboxylic acids is 2. The van der Waals surface area contributed by atoms with Crippen molar-refractivity contribution in [1.82, 2.24) is 5.16 Å². The molecule has 2 aromatic rings. The highest BCUT2D eigenvalue weighted by Gasteiger charge is 2.30. The van der Waals surface area contributed by atoms with E-state index in [0.717, 1.165) is 18.2 Å². The van der Waals surface area contributed by atoms with Gasteiger partial charge in [-0.15, -0.1) is 13.2 Å². The maximum Gasteiger partial charge on any atom is 0.573 e. The Labute approximate surface area is 151 Å². The number of anilines is 1. The first-order valence-corrected chi connectivity index (χ1v) is 7.61. The third-order valence-electron chi connectivity index (χ3n) is 3.06. The number of benzene rings is 1. The lowest BCUT2D eigenvalue weighted by Gasteiger charge is -2.10. The minimum absolute atomic E-state index is 0.122. The number of hydrogen-bond acceptors (Lipinski definition) is 6. The van der Waals surface area contributed by atoms with Crippen LogP contribution in [0.25, 0.3) is 6.08 Å². The van der Waals surface area contributed by atoms with E-state index in [1.807, 2.05) is 0 Å². The fourth-order valence-electron chi connectivity index (χ4n) is 1.86. The normalized spacial score (nSPS) is 12.6. The molecule has 0 aliphatic heterocycles. The lowest BCUT2D eigenvalue weighted by molar-refractivity contribution is -0.274. The van der Waals surface area contributed by atoms with Gasteiger partial charge in [0.25, 0.3) is 5.91 Å². The monoisotopic (exact) mass is 384 g/mol. The standard InChI is InChI=1S/C17H15F3N2O5/c1-10-9-14(27-22-10)21-16(24)11(2)25-15(23)8-5-12-3-6-13(7-4-12)26-17(18,19)20/h3-9,11H,1-2H3,(H,21,24)/b8-5+. The molecule has 1 unspecified atom stereocenters. The Hall–Kier alpha value is -3.30. The first-order chi connectivity index (χ1) is 12.6. The van der Waals surface area contributed by atoms with Gasteiger partial charge < -0.3 is 14.0 Å². The van der Waals surface area contributed by atoms with E-state index in [4.69, 9.17) is 9.26 Å². The van der Waals surface area contributed by atoms with Crippen LogP contribution in [0.15, 0.2) is 40.9 Å². The second-order valence-electron chi connectivity index (χ2n) is 5.35. The van der Waals surface area contributed by atoms with E-state index < -0.39 is 24.3 Å². The Kier molecular flexibility index (Phi) is 6.22. The number of ether oxygens (including phenoxy) is 2. The minimum Gasteiger partial charge on any atom is -0.449 e. The molecule has 0 radical (unpaired) electrons. The molecule has 0 aliphatic rings. The summed E-state index contributed by atoms with van der Waals surface area (Å²) in [6.07, 6.45) is -3.51. The van der Waals surface area contributed by atoms with Gasteiger partial charge in [0, 0.05) is 12.1 Å². The van der Waals surface area contributed by atoms with Crippen LogP contribution in [0.4, 0.5) is 19.1 Å². The molecule has 0 fully saturated rings. The predicted molar refractivity (Wildman–Crippen MR) is 87.6 cm³/mol. The highest BCUT2D eigenvalue weighted by molar-refractivity contribution is 5.95. The van der Waals surface area contributed by atoms with Gasteiger partial charge in [-0.1, -0.05) is 17.3 Å². The average molecular weight is 384 g/mol. The molecule has 0 aliphatic carbocycles. The lowest BCUT2D eigenvalue weighted by atomic mass is 10.2. The van der Waals surface area contributed by atoms with Gasteiger partial charge in [0.15, 0.2) is 6.10 Å². The first kappa shape index (κ1) is 20.0. The van der Waals surface area contributed by atoms with E-state index in [1.54, 1.807) is 6.92 Å². The molecule has 7 nitrogen and oxygen atoms in total. The summed E-state index contributed by atoms with van der Waals surface area (Å²) in [6.45, 7) is 3.04. The van der Waals surface area contributed by atoms with Crippen LogP contribution in [0.5, 0.6) is 5.75 Å². The Morgan fingerprint density at radius 2 is 1.93 bits per heavy atom. The van der Waals surface area contributed by atoms with Gasteiger partial charge in [0.2, 0.25) is 5.88 Å². The first-order valence-electron chi connectivity index (χ1n) is 7.61. The number of carbonyl (C=O) groups is 2. The summed E-state index contributed by atoms with van der Waals surface area (Å²) < 4.78 is 49.7. The number of rotatable bonds is 6. The second-order valence-corrected chi connectivity index (χ2v) is 5.35. The molecule has 1 heterocycles. The molecular formula is C17H15F3N2O5. The molecule has 1 atom stereocenters. The van der Waals surface area contributed by atoms with E-state index in [-0.39, 0.29) is 11.6 Å². The van der Waals surface area contributed by atoms with E-state index >= 15 is 0 Å². The summed E-state index contributed by atoms with van der Waals surface area (Å²) in [4.78, 5) is 23.6. The maximum atomic E-state index is 12.1. The smallest absolute Gasteiger partial charge is 0.449 e. The Morgan fingerprint density at radius 3 is 2.48 bits per heavy atom. The quantitative estimate of drug-likeness (QED) is 0.606. The number of aryl methyl sites for hydroxylation is 1. The van der Waals surface area contributed by atoms with Crippen LogP contribution < -0.4 is 10.1 Å². The van der Waals surface area contributed by atoms with Gasteiger partial charge in [-0.05, 0) is 37.6 Å². The summed E-state index contributed by atoms with van der Waals surface area (Å²) in [7, 11) is 0. The molecule has 1 aromatic heterocycles. The van der Waals surface area contributed by atoms with E-state index in [9.17, 15) is 22.8 Å². The average Bonchev–Trinajstić information content (AvgIpc) is 2.97. The summed E-state index contributed by atoms with van der Waals surface area (Å²) in [6, 6.07) is 6.36. The molecule has 1 aromatic carbocycles. The van der Waals surface area contributed by atoms with Crippen molar-refractivity contribution >= 4 is 23.8 Å².